The predicted molar refractivity (Wildman–Crippen MR) is 96.9 cm³/mol. The lowest BCUT2D eigenvalue weighted by atomic mass is 10.2. The Morgan fingerprint density at radius 1 is 1.20 bits per heavy atom. The lowest BCUT2D eigenvalue weighted by molar-refractivity contribution is 0.0742. The van der Waals surface area contributed by atoms with Crippen molar-refractivity contribution in [3.05, 3.63) is 42.2 Å². The Morgan fingerprint density at radius 2 is 1.88 bits per heavy atom. The second kappa shape index (κ2) is 8.53. The molecule has 0 radical (unpaired) electrons. The number of piperazine rings is 1. The van der Waals surface area contributed by atoms with E-state index in [0.717, 1.165) is 5.95 Å². The third-order valence-corrected chi connectivity index (χ3v) is 4.77. The average molecular weight is 389 g/mol. The van der Waals surface area contributed by atoms with E-state index < -0.39 is 5.76 Å². The average Bonchev–Trinajstić information content (AvgIpc) is 3.00. The molecule has 2 heterocycles. The largest absolute Gasteiger partial charge is 0.339 e. The maximum Gasteiger partial charge on any atom is 0.288 e. The van der Waals surface area contributed by atoms with Crippen LogP contribution in [0.25, 0.3) is 0 Å². The van der Waals surface area contributed by atoms with Gasteiger partial charge in [0.15, 0.2) is 0 Å². The number of hydrogen-bond acceptors (Lipinski definition) is 4. The Balaban J connectivity index is 0.00000225. The van der Waals surface area contributed by atoms with E-state index in [2.05, 4.69) is 9.88 Å². The van der Waals surface area contributed by atoms with E-state index in [1.54, 1.807) is 35.4 Å². The molecule has 0 aliphatic carbocycles. The molecule has 0 bridgehead atoms. The molecule has 0 spiro atoms. The van der Waals surface area contributed by atoms with Crippen LogP contribution in [0.5, 0.6) is 0 Å². The van der Waals surface area contributed by atoms with E-state index in [-0.39, 0.29) is 18.3 Å². The van der Waals surface area contributed by atoms with Crippen LogP contribution in [-0.2, 0) is 7.05 Å². The summed E-state index contributed by atoms with van der Waals surface area (Å²) >= 11 is 0.413. The number of aryl methyl sites for hydroxylation is 1. The van der Waals surface area contributed by atoms with Gasteiger partial charge in [0.05, 0.1) is 5.56 Å². The van der Waals surface area contributed by atoms with E-state index in [0.29, 0.717) is 48.4 Å². The first-order chi connectivity index (χ1) is 11.6. The molecule has 0 saturated carbocycles. The molecule has 3 rings (SSSR count). The summed E-state index contributed by atoms with van der Waals surface area (Å²) in [5.41, 5.74) is 0.341. The number of carbonyl (C=O) groups excluding carboxylic acids is 1. The van der Waals surface area contributed by atoms with Crippen molar-refractivity contribution >= 4 is 36.0 Å². The van der Waals surface area contributed by atoms with Crippen LogP contribution in [0.1, 0.15) is 10.4 Å². The minimum absolute atomic E-state index is 0. The minimum Gasteiger partial charge on any atom is -0.339 e. The van der Waals surface area contributed by atoms with Crippen LogP contribution in [0.4, 0.5) is 14.7 Å². The van der Waals surface area contributed by atoms with E-state index in [9.17, 15) is 13.6 Å². The number of aromatic nitrogens is 2. The molecule has 1 aliphatic heterocycles. The maximum atomic E-state index is 12.7. The van der Waals surface area contributed by atoms with Crippen molar-refractivity contribution < 1.29 is 13.6 Å². The first kappa shape index (κ1) is 19.5. The second-order valence-corrected chi connectivity index (χ2v) is 6.52. The Labute approximate surface area is 155 Å². The standard InChI is InChI=1S/C16H18F2N4OS.ClH/c1-20-7-6-19-16(20)22-10-8-21(9-11-22)14(23)12-4-2-3-5-13(12)24-15(17)18;/h2-7,15H,8-11H2,1H3;1H. The summed E-state index contributed by atoms with van der Waals surface area (Å²) in [6.45, 7) is 2.42. The first-order valence-electron chi connectivity index (χ1n) is 7.61. The smallest absolute Gasteiger partial charge is 0.288 e. The Bertz CT molecular complexity index is 720. The number of benzene rings is 1. The van der Waals surface area contributed by atoms with Crippen LogP contribution in [0, 0.1) is 0 Å². The van der Waals surface area contributed by atoms with E-state index in [1.807, 2.05) is 17.8 Å². The molecule has 1 fully saturated rings. The van der Waals surface area contributed by atoms with Crippen LogP contribution in [0.3, 0.4) is 0 Å². The number of imidazole rings is 1. The number of rotatable bonds is 4. The fourth-order valence-corrected chi connectivity index (χ4v) is 3.42. The number of hydrogen-bond donors (Lipinski definition) is 0. The highest BCUT2D eigenvalue weighted by Crippen LogP contribution is 2.29. The van der Waals surface area contributed by atoms with Crippen LogP contribution < -0.4 is 4.90 Å². The van der Waals surface area contributed by atoms with Gasteiger partial charge < -0.3 is 14.4 Å². The highest BCUT2D eigenvalue weighted by molar-refractivity contribution is 7.99. The quantitative estimate of drug-likeness (QED) is 0.755. The molecule has 2 aromatic rings. The summed E-state index contributed by atoms with van der Waals surface area (Å²) in [5.74, 6) is -1.87. The van der Waals surface area contributed by atoms with E-state index in [4.69, 9.17) is 0 Å². The number of anilines is 1. The molecular weight excluding hydrogens is 370 g/mol. The zero-order valence-electron chi connectivity index (χ0n) is 13.6. The van der Waals surface area contributed by atoms with Gasteiger partial charge in [-0.25, -0.2) is 4.98 Å². The summed E-state index contributed by atoms with van der Waals surface area (Å²) in [7, 11) is 1.93. The molecule has 1 saturated heterocycles. The Kier molecular flexibility index (Phi) is 6.66. The molecule has 1 aromatic carbocycles. The maximum absolute atomic E-state index is 12.7. The molecule has 1 aromatic heterocycles. The molecule has 1 aliphatic rings. The third-order valence-electron chi connectivity index (χ3n) is 3.98. The molecular formula is C16H19ClF2N4OS. The van der Waals surface area contributed by atoms with Gasteiger partial charge in [-0.1, -0.05) is 23.9 Å². The van der Waals surface area contributed by atoms with Crippen molar-refractivity contribution in [1.82, 2.24) is 14.5 Å². The van der Waals surface area contributed by atoms with Gasteiger partial charge in [0.1, 0.15) is 0 Å². The van der Waals surface area contributed by atoms with Crippen molar-refractivity contribution in [2.45, 2.75) is 10.7 Å². The fraction of sp³-hybridized carbons (Fsp3) is 0.375. The predicted octanol–water partition coefficient (Wildman–Crippen LogP) is 3.12. The SMILES string of the molecule is Cl.Cn1ccnc1N1CCN(C(=O)c2ccccc2SC(F)F)CC1. The zero-order valence-corrected chi connectivity index (χ0v) is 15.3. The number of nitrogens with zero attached hydrogens (tertiary/aromatic N) is 4. The normalized spacial score (nSPS) is 14.6. The van der Waals surface area contributed by atoms with Crippen molar-refractivity contribution in [3.63, 3.8) is 0 Å². The van der Waals surface area contributed by atoms with Crippen LogP contribution in [0.2, 0.25) is 0 Å². The van der Waals surface area contributed by atoms with Crippen LogP contribution >= 0.6 is 24.2 Å². The van der Waals surface area contributed by atoms with Gasteiger partial charge in [-0.05, 0) is 12.1 Å². The lowest BCUT2D eigenvalue weighted by Crippen LogP contribution is -2.49. The van der Waals surface area contributed by atoms with Crippen LogP contribution in [0.15, 0.2) is 41.6 Å². The monoisotopic (exact) mass is 388 g/mol. The molecule has 136 valence electrons. The molecule has 0 atom stereocenters. The van der Waals surface area contributed by atoms with Gasteiger partial charge in [-0.3, -0.25) is 4.79 Å². The molecule has 0 unspecified atom stereocenters. The van der Waals surface area contributed by atoms with Gasteiger partial charge in [0.2, 0.25) is 5.95 Å². The van der Waals surface area contributed by atoms with Crippen molar-refractivity contribution in [1.29, 1.82) is 0 Å². The highest BCUT2D eigenvalue weighted by Gasteiger charge is 2.25. The number of amides is 1. The Morgan fingerprint density at radius 3 is 2.48 bits per heavy atom. The summed E-state index contributed by atoms with van der Waals surface area (Å²) in [4.78, 5) is 21.2. The molecule has 0 N–H and O–H groups in total. The van der Waals surface area contributed by atoms with Crippen molar-refractivity contribution in [2.75, 3.05) is 31.1 Å². The summed E-state index contributed by atoms with van der Waals surface area (Å²) < 4.78 is 27.3. The van der Waals surface area contributed by atoms with E-state index >= 15 is 0 Å². The molecule has 1 amide bonds. The fourth-order valence-electron chi connectivity index (χ4n) is 2.78. The summed E-state index contributed by atoms with van der Waals surface area (Å²) in [5, 5.41) is 0. The van der Waals surface area contributed by atoms with Crippen molar-refractivity contribution in [2.24, 2.45) is 7.05 Å². The minimum atomic E-state index is -2.54. The van der Waals surface area contributed by atoms with Gasteiger partial charge in [0, 0.05) is 50.5 Å². The second-order valence-electron chi connectivity index (χ2n) is 5.49. The van der Waals surface area contributed by atoms with E-state index in [1.165, 1.54) is 0 Å². The number of thioether (sulfide) groups is 1. The topological polar surface area (TPSA) is 41.4 Å². The van der Waals surface area contributed by atoms with Gasteiger partial charge in [-0.2, -0.15) is 8.78 Å². The van der Waals surface area contributed by atoms with Gasteiger partial charge >= 0.3 is 0 Å². The first-order valence-corrected chi connectivity index (χ1v) is 8.49. The summed E-state index contributed by atoms with van der Waals surface area (Å²) in [6.07, 6.45) is 3.62. The molecule has 25 heavy (non-hydrogen) atoms. The molecule has 9 heteroatoms. The van der Waals surface area contributed by atoms with Crippen LogP contribution in [-0.4, -0.2) is 52.3 Å². The number of halogens is 3. The summed E-state index contributed by atoms with van der Waals surface area (Å²) in [6, 6.07) is 6.54. The van der Waals surface area contributed by atoms with Gasteiger partial charge in [-0.15, -0.1) is 12.4 Å². The van der Waals surface area contributed by atoms with Crippen molar-refractivity contribution in [3.8, 4) is 0 Å². The highest BCUT2D eigenvalue weighted by atomic mass is 35.5. The zero-order chi connectivity index (χ0) is 17.1. The lowest BCUT2D eigenvalue weighted by Gasteiger charge is -2.35. The number of carbonyl (C=O) groups is 1. The third kappa shape index (κ3) is 4.43. The Hall–Kier alpha value is -1.80. The van der Waals surface area contributed by atoms with Gasteiger partial charge in [0.25, 0.3) is 11.7 Å². The number of alkyl halides is 2. The molecule has 5 nitrogen and oxygen atoms in total.